The van der Waals surface area contributed by atoms with Crippen molar-refractivity contribution in [1.29, 1.82) is 0 Å². The zero-order chi connectivity index (χ0) is 43.7. The maximum Gasteiger partial charge on any atom is 0.313 e. The Kier molecular flexibility index (Phi) is 12.7. The zero-order valence-electron chi connectivity index (χ0n) is 37.9. The van der Waals surface area contributed by atoms with Crippen LogP contribution in [0.2, 0.25) is 0 Å². The summed E-state index contributed by atoms with van der Waals surface area (Å²) in [6.45, 7) is 16.6. The molecule has 0 radical (unpaired) electrons. The van der Waals surface area contributed by atoms with E-state index in [4.69, 9.17) is 9.47 Å². The van der Waals surface area contributed by atoms with Gasteiger partial charge >= 0.3 is 11.9 Å². The molecule has 10 rings (SSSR count). The van der Waals surface area contributed by atoms with Gasteiger partial charge in [-0.15, -0.1) is 13.2 Å². The van der Waals surface area contributed by atoms with Gasteiger partial charge < -0.3 is 16.9 Å². The average Bonchev–Trinajstić information content (AvgIpc) is 4.07. The zero-order valence-corrected chi connectivity index (χ0v) is 39.4. The predicted molar refractivity (Wildman–Crippen MR) is 243 cm³/mol. The van der Waals surface area contributed by atoms with Crippen molar-refractivity contribution in [2.45, 2.75) is 129 Å². The van der Waals surface area contributed by atoms with Crippen molar-refractivity contribution in [3.63, 3.8) is 0 Å². The summed E-state index contributed by atoms with van der Waals surface area (Å²) in [7, 11) is 0. The molecule has 342 valence electrons. The van der Waals surface area contributed by atoms with Crippen LogP contribution in [0.4, 0.5) is 8.78 Å². The number of nitrogens with zero attached hydrogens (tertiary/aromatic N) is 4. The molecule has 2 spiro atoms. The predicted octanol–water partition coefficient (Wildman–Crippen LogP) is 12.0. The smallest absolute Gasteiger partial charge is 0.313 e. The van der Waals surface area contributed by atoms with Crippen molar-refractivity contribution in [2.24, 2.45) is 21.7 Å². The summed E-state index contributed by atoms with van der Waals surface area (Å²) < 4.78 is 43.2. The molecule has 2 aromatic heterocycles. The van der Waals surface area contributed by atoms with Gasteiger partial charge in [0, 0.05) is 44.1 Å². The monoisotopic (exact) mass is 961 g/mol. The van der Waals surface area contributed by atoms with Gasteiger partial charge in [-0.1, -0.05) is 63.8 Å². The largest absolute Gasteiger partial charge is 0.458 e. The number of aromatic nitrogens is 4. The number of ether oxygens (including phenoxy) is 2. The Balaban J connectivity index is 0.000000186. The van der Waals surface area contributed by atoms with Crippen molar-refractivity contribution >= 4 is 24.1 Å². The van der Waals surface area contributed by atoms with Gasteiger partial charge in [0.25, 0.3) is 0 Å². The molecule has 0 amide bonds. The molecule has 8 nitrogen and oxygen atoms in total. The second-order valence-corrected chi connectivity index (χ2v) is 19.4. The Morgan fingerprint density at radius 3 is 1.45 bits per heavy atom. The van der Waals surface area contributed by atoms with Gasteiger partial charge in [0.15, 0.2) is 0 Å². The molecule has 4 aliphatic carbocycles. The third-order valence-corrected chi connectivity index (χ3v) is 15.9. The van der Waals surface area contributed by atoms with Crippen molar-refractivity contribution in [2.75, 3.05) is 0 Å². The molecular formula is C53H61F2N4O4Pd-. The van der Waals surface area contributed by atoms with E-state index in [0.717, 1.165) is 105 Å². The number of halogens is 2. The number of rotatable bonds is 10. The Morgan fingerprint density at radius 1 is 0.672 bits per heavy atom. The molecule has 11 heteroatoms. The van der Waals surface area contributed by atoms with Crippen LogP contribution in [0.5, 0.6) is 0 Å². The first-order valence-corrected chi connectivity index (χ1v) is 22.5. The molecule has 4 fully saturated rings. The first-order chi connectivity index (χ1) is 29.7. The quantitative estimate of drug-likeness (QED) is 0.0681. The van der Waals surface area contributed by atoms with Gasteiger partial charge in [-0.3, -0.25) is 9.59 Å². The van der Waals surface area contributed by atoms with E-state index < -0.39 is 16.6 Å². The average molecular weight is 963 g/mol. The third-order valence-electron chi connectivity index (χ3n) is 15.9. The Bertz CT molecular complexity index is 2510. The van der Waals surface area contributed by atoms with Crippen molar-refractivity contribution in [1.82, 2.24) is 19.6 Å². The second kappa shape index (κ2) is 17.3. The van der Waals surface area contributed by atoms with Crippen LogP contribution in [0.1, 0.15) is 127 Å². The van der Waals surface area contributed by atoms with Crippen LogP contribution in [0.15, 0.2) is 97.4 Å². The standard InChI is InChI=1S/C26H31FN2O2.C26H27FN2O2.CH3.Pd/c2*1-4-11-25(12-5-2)17-26(31-23(25)30)13-10-19-14-22-18(15-24(19,26)3)16-28-29(22)21-8-6-20(27)7-9-21;;/h6-9,14,16H,4-5,10-13,15,17H2,1-3H3;4-9,14,16H,1-2,10-13,15,17H2,3H3;1H3;/q;;-1;/t2*24-,26+;;/m00../s1. The molecular weight excluding hydrogens is 901 g/mol. The molecule has 6 aliphatic rings. The second-order valence-electron chi connectivity index (χ2n) is 19.4. The number of benzene rings is 2. The SMILES string of the molecule is C=CCC1(CC=C)C[C@@]2(CCC3=Cc4c(cnn4-c4ccc(F)cc4)C[C@@]32C)OC1=O.CCCC1(CCC)C[C@@]2(CCC3=Cc4c(cnn4-c4ccc(F)cc4)C[C@@]32C)OC1=O.[CH3-].[Pd]. The van der Waals surface area contributed by atoms with E-state index in [2.05, 4.69) is 63.2 Å². The fourth-order valence-electron chi connectivity index (χ4n) is 12.6. The maximum absolute atomic E-state index is 13.4. The van der Waals surface area contributed by atoms with Crippen LogP contribution in [0, 0.1) is 40.7 Å². The van der Waals surface area contributed by atoms with Crippen LogP contribution in [-0.2, 0) is 52.3 Å². The van der Waals surface area contributed by atoms with Crippen LogP contribution < -0.4 is 0 Å². The maximum atomic E-state index is 13.4. The van der Waals surface area contributed by atoms with Gasteiger partial charge in [0.05, 0.1) is 46.0 Å². The summed E-state index contributed by atoms with van der Waals surface area (Å²) in [4.78, 5) is 26.4. The van der Waals surface area contributed by atoms with Crippen LogP contribution in [0.25, 0.3) is 23.5 Å². The van der Waals surface area contributed by atoms with E-state index in [1.54, 1.807) is 24.3 Å². The summed E-state index contributed by atoms with van der Waals surface area (Å²) in [5, 5.41) is 9.20. The molecule has 4 heterocycles. The van der Waals surface area contributed by atoms with Gasteiger partial charge in [-0.05, 0) is 136 Å². The van der Waals surface area contributed by atoms with Crippen molar-refractivity contribution < 1.29 is 48.3 Å². The van der Waals surface area contributed by atoms with E-state index in [1.807, 2.05) is 33.9 Å². The summed E-state index contributed by atoms with van der Waals surface area (Å²) in [6, 6.07) is 12.8. The van der Waals surface area contributed by atoms with E-state index in [1.165, 1.54) is 35.4 Å². The molecule has 4 aromatic rings. The molecule has 2 saturated carbocycles. The number of allylic oxidation sites excluding steroid dienone is 2. The summed E-state index contributed by atoms with van der Waals surface area (Å²) in [6.07, 6.45) is 23.6. The van der Waals surface area contributed by atoms with E-state index in [-0.39, 0.29) is 67.7 Å². The van der Waals surface area contributed by atoms with Gasteiger partial charge in [0.1, 0.15) is 22.8 Å². The topological polar surface area (TPSA) is 88.2 Å². The minimum atomic E-state index is -0.569. The molecule has 2 aromatic carbocycles. The molecule has 0 unspecified atom stereocenters. The number of esters is 2. The van der Waals surface area contributed by atoms with Crippen LogP contribution in [0.3, 0.4) is 0 Å². The van der Waals surface area contributed by atoms with Crippen molar-refractivity contribution in [3.8, 4) is 11.4 Å². The number of carbonyl (C=O) groups is 2. The minimum absolute atomic E-state index is 0. The third kappa shape index (κ3) is 7.15. The number of carbonyl (C=O) groups excluding carboxylic acids is 2. The Labute approximate surface area is 390 Å². The molecule has 0 N–H and O–H groups in total. The molecule has 4 atom stereocenters. The summed E-state index contributed by atoms with van der Waals surface area (Å²) >= 11 is 0. The first-order valence-electron chi connectivity index (χ1n) is 22.5. The number of hydrogen-bond acceptors (Lipinski definition) is 6. The minimum Gasteiger partial charge on any atom is -0.458 e. The fourth-order valence-corrected chi connectivity index (χ4v) is 12.6. The van der Waals surface area contributed by atoms with Gasteiger partial charge in [-0.25, -0.2) is 18.1 Å². The summed E-state index contributed by atoms with van der Waals surface area (Å²) in [5.41, 5.74) is 6.41. The van der Waals surface area contributed by atoms with E-state index in [9.17, 15) is 18.4 Å². The van der Waals surface area contributed by atoms with E-state index in [0.29, 0.717) is 19.3 Å². The number of fused-ring (bicyclic) bond motifs is 6. The number of hydrogen-bond donors (Lipinski definition) is 0. The van der Waals surface area contributed by atoms with Crippen LogP contribution in [-0.4, -0.2) is 42.7 Å². The Morgan fingerprint density at radius 2 is 1.06 bits per heavy atom. The molecule has 2 saturated heterocycles. The summed E-state index contributed by atoms with van der Waals surface area (Å²) in [5.74, 6) is -0.618. The van der Waals surface area contributed by atoms with Gasteiger partial charge in [0.2, 0.25) is 0 Å². The van der Waals surface area contributed by atoms with Crippen molar-refractivity contribution in [3.05, 3.63) is 139 Å². The molecule has 0 bridgehead atoms. The molecule has 64 heavy (non-hydrogen) atoms. The Hall–Kier alpha value is -4.72. The van der Waals surface area contributed by atoms with E-state index >= 15 is 0 Å². The normalized spacial score (nSPS) is 27.3. The molecule has 2 aliphatic heterocycles. The fraction of sp³-hybridized carbons (Fsp3) is 0.453. The van der Waals surface area contributed by atoms with Crippen LogP contribution >= 0.6 is 0 Å². The van der Waals surface area contributed by atoms with Gasteiger partial charge in [-0.2, -0.15) is 10.2 Å². The first kappa shape index (κ1) is 47.3.